The summed E-state index contributed by atoms with van der Waals surface area (Å²) >= 11 is 3.47. The minimum Gasteiger partial charge on any atom is -0.496 e. The van der Waals surface area contributed by atoms with Crippen molar-refractivity contribution in [3.8, 4) is 5.75 Å². The molecule has 2 fully saturated rings. The second-order valence-corrected chi connectivity index (χ2v) is 8.31. The van der Waals surface area contributed by atoms with E-state index in [-0.39, 0.29) is 24.5 Å². The molecule has 2 aliphatic rings. The Balaban J connectivity index is 1.71. The number of nitrogens with one attached hydrogen (secondary N) is 1. The van der Waals surface area contributed by atoms with Gasteiger partial charge in [0.05, 0.1) is 13.8 Å². The molecule has 1 saturated carbocycles. The summed E-state index contributed by atoms with van der Waals surface area (Å²) < 4.78 is 6.37. The number of urea groups is 1. The monoisotopic (exact) mass is 423 g/mol. The van der Waals surface area contributed by atoms with Crippen molar-refractivity contribution in [3.05, 3.63) is 28.2 Å². The first kappa shape index (κ1) is 19.2. The van der Waals surface area contributed by atoms with E-state index in [2.05, 4.69) is 28.2 Å². The van der Waals surface area contributed by atoms with Crippen LogP contribution in [-0.2, 0) is 11.3 Å². The van der Waals surface area contributed by atoms with Crippen LogP contribution in [0.1, 0.15) is 38.2 Å². The number of ether oxygens (including phenoxy) is 1. The van der Waals surface area contributed by atoms with Gasteiger partial charge in [0, 0.05) is 16.6 Å². The van der Waals surface area contributed by atoms with Crippen LogP contribution < -0.4 is 10.1 Å². The third kappa shape index (κ3) is 3.47. The third-order valence-electron chi connectivity index (χ3n) is 5.57. The third-order valence-corrected chi connectivity index (χ3v) is 6.06. The molecule has 0 radical (unpaired) electrons. The molecule has 142 valence electrons. The molecule has 1 aliphatic heterocycles. The van der Waals surface area contributed by atoms with Crippen LogP contribution in [0, 0.1) is 5.92 Å². The van der Waals surface area contributed by atoms with Crippen molar-refractivity contribution in [1.82, 2.24) is 15.1 Å². The number of carbonyl (C=O) groups is 2. The van der Waals surface area contributed by atoms with Gasteiger partial charge in [-0.3, -0.25) is 9.69 Å². The van der Waals surface area contributed by atoms with Gasteiger partial charge >= 0.3 is 6.03 Å². The molecule has 1 heterocycles. The predicted octanol–water partition coefficient (Wildman–Crippen LogP) is 3.35. The highest BCUT2D eigenvalue weighted by Crippen LogP contribution is 2.38. The largest absolute Gasteiger partial charge is 0.496 e. The van der Waals surface area contributed by atoms with Crippen molar-refractivity contribution < 1.29 is 14.3 Å². The van der Waals surface area contributed by atoms with E-state index in [1.807, 2.05) is 30.1 Å². The van der Waals surface area contributed by atoms with Crippen LogP contribution in [0.5, 0.6) is 5.75 Å². The topological polar surface area (TPSA) is 61.9 Å². The van der Waals surface area contributed by atoms with Gasteiger partial charge in [-0.2, -0.15) is 0 Å². The van der Waals surface area contributed by atoms with Gasteiger partial charge in [0.1, 0.15) is 11.3 Å². The van der Waals surface area contributed by atoms with Crippen LogP contribution in [0.15, 0.2) is 22.7 Å². The normalized spacial score (nSPS) is 25.9. The molecule has 1 aromatic rings. The molecule has 6 nitrogen and oxygen atoms in total. The molecule has 3 rings (SSSR count). The standard InChI is InChI=1S/C19H26BrN3O3/c1-13-6-4-5-9-19(13)17(24)23(18(25)21-19)12-22(2)11-14-10-15(20)7-8-16(14)26-3/h7-8,10,13H,4-6,9,11-12H2,1-3H3,(H,21,25)/t13-,19-/m1/s1. The minimum absolute atomic E-state index is 0.0808. The Morgan fingerprint density at radius 2 is 2.15 bits per heavy atom. The second kappa shape index (κ2) is 7.56. The van der Waals surface area contributed by atoms with Crippen LogP contribution in [0.3, 0.4) is 0 Å². The average Bonchev–Trinajstić information content (AvgIpc) is 2.83. The molecule has 2 atom stereocenters. The van der Waals surface area contributed by atoms with Crippen LogP contribution >= 0.6 is 15.9 Å². The summed E-state index contributed by atoms with van der Waals surface area (Å²) in [5.74, 6) is 0.880. The van der Waals surface area contributed by atoms with Gasteiger partial charge in [-0.15, -0.1) is 0 Å². The molecule has 0 unspecified atom stereocenters. The fourth-order valence-electron chi connectivity index (χ4n) is 4.08. The van der Waals surface area contributed by atoms with Crippen molar-refractivity contribution in [3.63, 3.8) is 0 Å². The number of benzene rings is 1. The van der Waals surface area contributed by atoms with Crippen molar-refractivity contribution in [2.45, 2.75) is 44.7 Å². The van der Waals surface area contributed by atoms with Crippen molar-refractivity contribution in [2.75, 3.05) is 20.8 Å². The van der Waals surface area contributed by atoms with Crippen LogP contribution in [-0.4, -0.2) is 48.1 Å². The summed E-state index contributed by atoms with van der Waals surface area (Å²) in [6.45, 7) is 2.90. The van der Waals surface area contributed by atoms with E-state index in [0.717, 1.165) is 41.5 Å². The van der Waals surface area contributed by atoms with Gasteiger partial charge in [-0.1, -0.05) is 35.7 Å². The van der Waals surface area contributed by atoms with E-state index in [1.54, 1.807) is 7.11 Å². The summed E-state index contributed by atoms with van der Waals surface area (Å²) in [6.07, 6.45) is 3.81. The Hall–Kier alpha value is -1.60. The average molecular weight is 424 g/mol. The van der Waals surface area contributed by atoms with Crippen molar-refractivity contribution >= 4 is 27.9 Å². The highest BCUT2D eigenvalue weighted by atomic mass is 79.9. The lowest BCUT2D eigenvalue weighted by molar-refractivity contribution is -0.135. The number of rotatable bonds is 5. The number of nitrogens with zero attached hydrogens (tertiary/aromatic N) is 2. The number of imide groups is 1. The van der Waals surface area contributed by atoms with E-state index in [9.17, 15) is 9.59 Å². The Bertz CT molecular complexity index is 711. The molecule has 0 bridgehead atoms. The molecule has 1 aliphatic carbocycles. The smallest absolute Gasteiger partial charge is 0.326 e. The van der Waals surface area contributed by atoms with Crippen LogP contribution in [0.4, 0.5) is 4.79 Å². The number of amides is 3. The van der Waals surface area contributed by atoms with E-state index in [1.165, 1.54) is 4.90 Å². The van der Waals surface area contributed by atoms with Gasteiger partial charge < -0.3 is 10.1 Å². The lowest BCUT2D eigenvalue weighted by Crippen LogP contribution is -2.54. The van der Waals surface area contributed by atoms with Crippen molar-refractivity contribution in [1.29, 1.82) is 0 Å². The Labute approximate surface area is 163 Å². The minimum atomic E-state index is -0.705. The molecule has 1 spiro atoms. The van der Waals surface area contributed by atoms with Gasteiger partial charge in [0.15, 0.2) is 0 Å². The number of carbonyl (C=O) groups excluding carboxylic acids is 2. The van der Waals surface area contributed by atoms with Crippen LogP contribution in [0.2, 0.25) is 0 Å². The number of methoxy groups -OCH3 is 1. The SMILES string of the molecule is COc1ccc(Br)cc1CN(C)CN1C(=O)N[C@@]2(CCCC[C@H]2C)C1=O. The van der Waals surface area contributed by atoms with Gasteiger partial charge in [-0.05, 0) is 44.0 Å². The molecule has 26 heavy (non-hydrogen) atoms. The van der Waals surface area contributed by atoms with E-state index >= 15 is 0 Å². The van der Waals surface area contributed by atoms with E-state index in [0.29, 0.717) is 6.54 Å². The number of halogens is 1. The van der Waals surface area contributed by atoms with Gasteiger partial charge in [0.2, 0.25) is 0 Å². The molecule has 0 aromatic heterocycles. The lowest BCUT2D eigenvalue weighted by Gasteiger charge is -2.37. The summed E-state index contributed by atoms with van der Waals surface area (Å²) in [5.41, 5.74) is 0.293. The fourth-order valence-corrected chi connectivity index (χ4v) is 4.49. The zero-order valence-corrected chi connectivity index (χ0v) is 17.1. The molecule has 1 aromatic carbocycles. The predicted molar refractivity (Wildman–Crippen MR) is 103 cm³/mol. The fraction of sp³-hybridized carbons (Fsp3) is 0.579. The quantitative estimate of drug-likeness (QED) is 0.737. The first-order chi connectivity index (χ1) is 12.4. The van der Waals surface area contributed by atoms with Crippen molar-refractivity contribution in [2.24, 2.45) is 5.92 Å². The second-order valence-electron chi connectivity index (χ2n) is 7.39. The summed E-state index contributed by atoms with van der Waals surface area (Å²) in [7, 11) is 3.54. The zero-order chi connectivity index (χ0) is 18.9. The highest BCUT2D eigenvalue weighted by molar-refractivity contribution is 9.10. The summed E-state index contributed by atoms with van der Waals surface area (Å²) in [4.78, 5) is 28.9. The summed E-state index contributed by atoms with van der Waals surface area (Å²) in [5, 5.41) is 3.00. The van der Waals surface area contributed by atoms with Crippen LogP contribution in [0.25, 0.3) is 0 Å². The maximum absolute atomic E-state index is 13.1. The zero-order valence-electron chi connectivity index (χ0n) is 15.5. The summed E-state index contributed by atoms with van der Waals surface area (Å²) in [6, 6.07) is 5.54. The molecular formula is C19H26BrN3O3. The molecule has 7 heteroatoms. The Morgan fingerprint density at radius 1 is 1.38 bits per heavy atom. The molecular weight excluding hydrogens is 398 g/mol. The van der Waals surface area contributed by atoms with E-state index in [4.69, 9.17) is 4.74 Å². The highest BCUT2D eigenvalue weighted by Gasteiger charge is 2.54. The maximum atomic E-state index is 13.1. The first-order valence-electron chi connectivity index (χ1n) is 9.02. The Morgan fingerprint density at radius 3 is 2.85 bits per heavy atom. The van der Waals surface area contributed by atoms with Gasteiger partial charge in [-0.25, -0.2) is 9.69 Å². The molecule has 1 N–H and O–H groups in total. The number of hydrogen-bond acceptors (Lipinski definition) is 4. The number of hydrogen-bond donors (Lipinski definition) is 1. The molecule has 3 amide bonds. The lowest BCUT2D eigenvalue weighted by atomic mass is 9.73. The first-order valence-corrected chi connectivity index (χ1v) is 9.82. The van der Waals surface area contributed by atoms with Gasteiger partial charge in [0.25, 0.3) is 5.91 Å². The van der Waals surface area contributed by atoms with E-state index < -0.39 is 5.54 Å². The Kier molecular flexibility index (Phi) is 5.58. The molecule has 1 saturated heterocycles. The maximum Gasteiger partial charge on any atom is 0.326 e.